The highest BCUT2D eigenvalue weighted by atomic mass is 32.2. The van der Waals surface area contributed by atoms with Gasteiger partial charge in [-0.3, -0.25) is 4.90 Å². The van der Waals surface area contributed by atoms with Crippen LogP contribution in [-0.2, 0) is 9.84 Å². The van der Waals surface area contributed by atoms with Gasteiger partial charge in [0.1, 0.15) is 0 Å². The molecule has 0 bridgehead atoms. The van der Waals surface area contributed by atoms with Crippen molar-refractivity contribution >= 4 is 9.84 Å². The minimum Gasteiger partial charge on any atom is -0.295 e. The molecule has 0 aliphatic carbocycles. The molecule has 112 valence electrons. The van der Waals surface area contributed by atoms with Crippen LogP contribution in [0.15, 0.2) is 18.2 Å². The van der Waals surface area contributed by atoms with Crippen molar-refractivity contribution in [2.75, 3.05) is 24.6 Å². The summed E-state index contributed by atoms with van der Waals surface area (Å²) in [5, 5.41) is 0. The standard InChI is InChI=1S/C16H25NO2S/c1-4-20(18,19)12-11-17-10-6-9-16(17)15-8-5-7-13(2)14(15)3/h5,7-8,16H,4,6,9-12H2,1-3H3/t16-/m0/s1. The lowest BCUT2D eigenvalue weighted by Crippen LogP contribution is -2.30. The molecule has 1 saturated heterocycles. The lowest BCUT2D eigenvalue weighted by molar-refractivity contribution is 0.271. The van der Waals surface area contributed by atoms with Crippen molar-refractivity contribution in [1.29, 1.82) is 0 Å². The van der Waals surface area contributed by atoms with Gasteiger partial charge in [-0.25, -0.2) is 8.42 Å². The average Bonchev–Trinajstić information content (AvgIpc) is 2.88. The third-order valence-corrected chi connectivity index (χ3v) is 6.18. The summed E-state index contributed by atoms with van der Waals surface area (Å²) in [6.07, 6.45) is 2.29. The Labute approximate surface area is 122 Å². The Morgan fingerprint density at radius 3 is 2.75 bits per heavy atom. The van der Waals surface area contributed by atoms with Crippen LogP contribution in [0.2, 0.25) is 0 Å². The highest BCUT2D eigenvalue weighted by molar-refractivity contribution is 7.91. The van der Waals surface area contributed by atoms with Gasteiger partial charge in [0, 0.05) is 18.3 Å². The smallest absolute Gasteiger partial charge is 0.151 e. The summed E-state index contributed by atoms with van der Waals surface area (Å²) in [7, 11) is -2.87. The second-order valence-corrected chi connectivity index (χ2v) is 8.19. The first kappa shape index (κ1) is 15.5. The highest BCUT2D eigenvalue weighted by Crippen LogP contribution is 2.34. The molecular formula is C16H25NO2S. The minimum atomic E-state index is -2.87. The van der Waals surface area contributed by atoms with E-state index in [9.17, 15) is 8.42 Å². The van der Waals surface area contributed by atoms with Gasteiger partial charge < -0.3 is 0 Å². The number of hydrogen-bond acceptors (Lipinski definition) is 3. The first-order valence-corrected chi connectivity index (χ1v) is 9.27. The first-order valence-electron chi connectivity index (χ1n) is 7.45. The molecule has 1 atom stereocenters. The summed E-state index contributed by atoms with van der Waals surface area (Å²) < 4.78 is 23.4. The number of sulfone groups is 1. The van der Waals surface area contributed by atoms with Gasteiger partial charge in [0.25, 0.3) is 0 Å². The van der Waals surface area contributed by atoms with E-state index in [1.54, 1.807) is 6.92 Å². The third kappa shape index (κ3) is 3.41. The molecule has 0 aromatic heterocycles. The van der Waals surface area contributed by atoms with Crippen LogP contribution >= 0.6 is 0 Å². The summed E-state index contributed by atoms with van der Waals surface area (Å²) in [5.41, 5.74) is 4.04. The van der Waals surface area contributed by atoms with E-state index in [1.807, 2.05) is 0 Å². The molecule has 3 nitrogen and oxygen atoms in total. The van der Waals surface area contributed by atoms with E-state index in [-0.39, 0.29) is 11.5 Å². The zero-order valence-electron chi connectivity index (χ0n) is 12.7. The molecule has 1 fully saturated rings. The maximum Gasteiger partial charge on any atom is 0.151 e. The molecule has 1 heterocycles. The fourth-order valence-corrected chi connectivity index (χ4v) is 3.78. The van der Waals surface area contributed by atoms with E-state index >= 15 is 0 Å². The Bertz CT molecular complexity index is 566. The van der Waals surface area contributed by atoms with Gasteiger partial charge in [0.2, 0.25) is 0 Å². The fraction of sp³-hybridized carbons (Fsp3) is 0.625. The van der Waals surface area contributed by atoms with E-state index in [0.717, 1.165) is 19.4 Å². The van der Waals surface area contributed by atoms with Crippen LogP contribution in [0.25, 0.3) is 0 Å². The molecule has 1 aromatic rings. The van der Waals surface area contributed by atoms with Gasteiger partial charge in [-0.05, 0) is 49.9 Å². The van der Waals surface area contributed by atoms with Crippen LogP contribution in [0, 0.1) is 13.8 Å². The zero-order valence-corrected chi connectivity index (χ0v) is 13.5. The highest BCUT2D eigenvalue weighted by Gasteiger charge is 2.27. The number of nitrogens with zero attached hydrogens (tertiary/aromatic N) is 1. The number of benzene rings is 1. The van der Waals surface area contributed by atoms with Crippen molar-refractivity contribution in [3.8, 4) is 0 Å². The molecule has 4 heteroatoms. The molecule has 20 heavy (non-hydrogen) atoms. The molecule has 0 N–H and O–H groups in total. The van der Waals surface area contributed by atoms with Gasteiger partial charge in [-0.15, -0.1) is 0 Å². The minimum absolute atomic E-state index is 0.245. The quantitative estimate of drug-likeness (QED) is 0.838. The maximum absolute atomic E-state index is 11.7. The lowest BCUT2D eigenvalue weighted by atomic mass is 9.96. The summed E-state index contributed by atoms with van der Waals surface area (Å²) >= 11 is 0. The van der Waals surface area contributed by atoms with Gasteiger partial charge >= 0.3 is 0 Å². The second kappa shape index (κ2) is 6.27. The molecule has 1 aromatic carbocycles. The summed E-state index contributed by atoms with van der Waals surface area (Å²) in [4.78, 5) is 2.34. The van der Waals surface area contributed by atoms with E-state index in [4.69, 9.17) is 0 Å². The Hall–Kier alpha value is -0.870. The summed E-state index contributed by atoms with van der Waals surface area (Å²) in [6, 6.07) is 6.83. The Morgan fingerprint density at radius 1 is 1.30 bits per heavy atom. The van der Waals surface area contributed by atoms with Crippen molar-refractivity contribution < 1.29 is 8.42 Å². The molecule has 0 spiro atoms. The topological polar surface area (TPSA) is 37.4 Å². The van der Waals surface area contributed by atoms with Crippen molar-refractivity contribution in [1.82, 2.24) is 4.90 Å². The van der Waals surface area contributed by atoms with Gasteiger partial charge in [-0.1, -0.05) is 25.1 Å². The van der Waals surface area contributed by atoms with E-state index < -0.39 is 9.84 Å². The van der Waals surface area contributed by atoms with Crippen LogP contribution in [0.5, 0.6) is 0 Å². The molecule has 0 amide bonds. The summed E-state index contributed by atoms with van der Waals surface area (Å²) in [6.45, 7) is 7.70. The molecule has 1 aliphatic heterocycles. The monoisotopic (exact) mass is 295 g/mol. The number of hydrogen-bond donors (Lipinski definition) is 0. The molecule has 1 aliphatic rings. The Balaban J connectivity index is 2.13. The molecular weight excluding hydrogens is 270 g/mol. The van der Waals surface area contributed by atoms with E-state index in [0.29, 0.717) is 12.6 Å². The molecule has 0 unspecified atom stereocenters. The van der Waals surface area contributed by atoms with E-state index in [2.05, 4.69) is 36.9 Å². The van der Waals surface area contributed by atoms with Crippen molar-refractivity contribution in [2.24, 2.45) is 0 Å². The van der Waals surface area contributed by atoms with E-state index in [1.165, 1.54) is 16.7 Å². The van der Waals surface area contributed by atoms with Crippen LogP contribution < -0.4 is 0 Å². The maximum atomic E-state index is 11.7. The normalized spacial score (nSPS) is 20.4. The molecule has 0 saturated carbocycles. The number of likely N-dealkylation sites (tertiary alicyclic amines) is 1. The van der Waals surface area contributed by atoms with Crippen molar-refractivity contribution in [3.05, 3.63) is 34.9 Å². The van der Waals surface area contributed by atoms with Gasteiger partial charge in [0.15, 0.2) is 9.84 Å². The van der Waals surface area contributed by atoms with Crippen LogP contribution in [0.1, 0.15) is 42.5 Å². The average molecular weight is 295 g/mol. The van der Waals surface area contributed by atoms with Crippen LogP contribution in [0.3, 0.4) is 0 Å². The number of rotatable bonds is 5. The molecule has 0 radical (unpaired) electrons. The fourth-order valence-electron chi connectivity index (χ4n) is 2.98. The second-order valence-electron chi connectivity index (χ2n) is 5.72. The predicted molar refractivity (Wildman–Crippen MR) is 83.8 cm³/mol. The predicted octanol–water partition coefficient (Wildman–Crippen LogP) is 2.88. The summed E-state index contributed by atoms with van der Waals surface area (Å²) in [5.74, 6) is 0.528. The van der Waals surface area contributed by atoms with Crippen LogP contribution in [0.4, 0.5) is 0 Å². The van der Waals surface area contributed by atoms with Gasteiger partial charge in [-0.2, -0.15) is 0 Å². The largest absolute Gasteiger partial charge is 0.295 e. The van der Waals surface area contributed by atoms with Crippen molar-refractivity contribution in [2.45, 2.75) is 39.7 Å². The zero-order chi connectivity index (χ0) is 14.8. The lowest BCUT2D eigenvalue weighted by Gasteiger charge is -2.26. The Morgan fingerprint density at radius 2 is 2.05 bits per heavy atom. The molecule has 2 rings (SSSR count). The third-order valence-electron chi connectivity index (χ3n) is 4.50. The number of aryl methyl sites for hydroxylation is 1. The Kier molecular flexibility index (Phi) is 4.86. The first-order chi connectivity index (χ1) is 9.44. The van der Waals surface area contributed by atoms with Crippen LogP contribution in [-0.4, -0.2) is 37.9 Å². The van der Waals surface area contributed by atoms with Gasteiger partial charge in [0.05, 0.1) is 5.75 Å². The SMILES string of the molecule is CCS(=O)(=O)CCN1CCC[C@H]1c1cccc(C)c1C. The van der Waals surface area contributed by atoms with Crippen molar-refractivity contribution in [3.63, 3.8) is 0 Å².